The number of benzene rings is 2. The van der Waals surface area contributed by atoms with Crippen molar-refractivity contribution in [1.82, 2.24) is 4.90 Å². The van der Waals surface area contributed by atoms with E-state index in [1.54, 1.807) is 12.0 Å². The molecule has 0 saturated carbocycles. The van der Waals surface area contributed by atoms with Gasteiger partial charge in [-0.1, -0.05) is 36.4 Å². The van der Waals surface area contributed by atoms with Crippen molar-refractivity contribution in [2.24, 2.45) is 0 Å². The van der Waals surface area contributed by atoms with Crippen LogP contribution < -0.4 is 5.32 Å². The normalized spacial score (nSPS) is 11.3. The minimum Gasteiger partial charge on any atom is -0.385 e. The average molecular weight is 380 g/mol. The maximum absolute atomic E-state index is 12.9. The number of nitrogens with zero attached hydrogens (tertiary/aromatic N) is 1. The number of urea groups is 1. The second-order valence-electron chi connectivity index (χ2n) is 6.12. The Morgan fingerprint density at radius 1 is 1.07 bits per heavy atom. The van der Waals surface area contributed by atoms with E-state index in [4.69, 9.17) is 4.74 Å². The van der Waals surface area contributed by atoms with Crippen LogP contribution in [0.25, 0.3) is 0 Å². The molecule has 2 amide bonds. The number of hydrogen-bond acceptors (Lipinski definition) is 2. The van der Waals surface area contributed by atoms with Crippen LogP contribution in [-0.2, 0) is 17.5 Å². The molecule has 2 rings (SSSR count). The van der Waals surface area contributed by atoms with Crippen LogP contribution >= 0.6 is 0 Å². The molecule has 0 aliphatic heterocycles. The van der Waals surface area contributed by atoms with Crippen molar-refractivity contribution < 1.29 is 22.7 Å². The Labute approximate surface area is 156 Å². The second-order valence-corrected chi connectivity index (χ2v) is 6.12. The van der Waals surface area contributed by atoms with Gasteiger partial charge in [0.25, 0.3) is 0 Å². The van der Waals surface area contributed by atoms with Crippen LogP contribution in [0.5, 0.6) is 0 Å². The Balaban J connectivity index is 2.08. The fraction of sp³-hybridized carbons (Fsp3) is 0.350. The maximum atomic E-state index is 12.9. The minimum atomic E-state index is -4.45. The quantitative estimate of drug-likeness (QED) is 0.642. The predicted molar refractivity (Wildman–Crippen MR) is 98.4 cm³/mol. The molecular weight excluding hydrogens is 357 g/mol. The number of carbonyl (C=O) groups is 1. The highest BCUT2D eigenvalue weighted by Crippen LogP contribution is 2.30. The summed E-state index contributed by atoms with van der Waals surface area (Å²) in [6, 6.07) is 13.6. The summed E-state index contributed by atoms with van der Waals surface area (Å²) in [5.74, 6) is 0. The Morgan fingerprint density at radius 2 is 1.81 bits per heavy atom. The highest BCUT2D eigenvalue weighted by molar-refractivity contribution is 5.89. The molecule has 1 N–H and O–H groups in total. The first-order valence-corrected chi connectivity index (χ1v) is 8.66. The number of amides is 2. The van der Waals surface area contributed by atoms with E-state index in [0.717, 1.165) is 30.5 Å². The van der Waals surface area contributed by atoms with Crippen LogP contribution in [0.15, 0.2) is 54.6 Å². The van der Waals surface area contributed by atoms with Crippen molar-refractivity contribution >= 4 is 11.7 Å². The van der Waals surface area contributed by atoms with Crippen molar-refractivity contribution in [3.63, 3.8) is 0 Å². The lowest BCUT2D eigenvalue weighted by atomic mass is 10.2. The first-order valence-electron chi connectivity index (χ1n) is 8.66. The standard InChI is InChI=1S/C20H23F3N2O2/c1-27-13-6-5-12-25(15-16-8-3-2-4-9-16)19(26)24-18-11-7-10-17(14-18)20(21,22)23/h2-4,7-11,14H,5-6,12-13,15H2,1H3,(H,24,26). The summed E-state index contributed by atoms with van der Waals surface area (Å²) in [5, 5.41) is 2.57. The van der Waals surface area contributed by atoms with E-state index < -0.39 is 17.8 Å². The van der Waals surface area contributed by atoms with Crippen LogP contribution in [0, 0.1) is 0 Å². The van der Waals surface area contributed by atoms with Gasteiger partial charge in [0, 0.05) is 32.5 Å². The molecule has 7 heteroatoms. The summed E-state index contributed by atoms with van der Waals surface area (Å²) < 4.78 is 43.6. The largest absolute Gasteiger partial charge is 0.416 e. The average Bonchev–Trinajstić information content (AvgIpc) is 2.64. The van der Waals surface area contributed by atoms with Gasteiger partial charge >= 0.3 is 12.2 Å². The number of carbonyl (C=O) groups excluding carboxylic acids is 1. The van der Waals surface area contributed by atoms with Crippen LogP contribution in [0.2, 0.25) is 0 Å². The molecule has 0 aromatic heterocycles. The number of hydrogen-bond donors (Lipinski definition) is 1. The number of methoxy groups -OCH3 is 1. The van der Waals surface area contributed by atoms with Gasteiger partial charge in [0.2, 0.25) is 0 Å². The van der Waals surface area contributed by atoms with E-state index in [9.17, 15) is 18.0 Å². The Hall–Kier alpha value is -2.54. The van der Waals surface area contributed by atoms with Crippen LogP contribution in [0.3, 0.4) is 0 Å². The third-order valence-electron chi connectivity index (χ3n) is 3.97. The van der Waals surface area contributed by atoms with Crippen molar-refractivity contribution in [3.05, 3.63) is 65.7 Å². The van der Waals surface area contributed by atoms with Crippen molar-refractivity contribution in [2.45, 2.75) is 25.6 Å². The van der Waals surface area contributed by atoms with E-state index >= 15 is 0 Å². The van der Waals surface area contributed by atoms with Gasteiger partial charge in [0.15, 0.2) is 0 Å². The summed E-state index contributed by atoms with van der Waals surface area (Å²) in [6.07, 6.45) is -2.93. The van der Waals surface area contributed by atoms with E-state index in [1.165, 1.54) is 12.1 Å². The van der Waals surface area contributed by atoms with E-state index in [2.05, 4.69) is 5.32 Å². The number of unbranched alkanes of at least 4 members (excludes halogenated alkanes) is 1. The number of halogens is 3. The van der Waals surface area contributed by atoms with Crippen LogP contribution in [0.1, 0.15) is 24.0 Å². The molecule has 0 aliphatic carbocycles. The number of ether oxygens (including phenoxy) is 1. The monoisotopic (exact) mass is 380 g/mol. The molecule has 2 aromatic rings. The molecule has 2 aromatic carbocycles. The molecule has 0 bridgehead atoms. The van der Waals surface area contributed by atoms with Gasteiger partial charge < -0.3 is 15.0 Å². The SMILES string of the molecule is COCCCCN(Cc1ccccc1)C(=O)Nc1cccc(C(F)(F)F)c1. The summed E-state index contributed by atoms with van der Waals surface area (Å²) in [5.41, 5.74) is 0.267. The van der Waals surface area contributed by atoms with Crippen molar-refractivity contribution in [3.8, 4) is 0 Å². The third kappa shape index (κ3) is 6.94. The predicted octanol–water partition coefficient (Wildman–Crippen LogP) is 5.17. The molecule has 0 fully saturated rings. The fourth-order valence-corrected chi connectivity index (χ4v) is 2.58. The summed E-state index contributed by atoms with van der Waals surface area (Å²) in [6.45, 7) is 1.44. The molecule has 0 spiro atoms. The number of rotatable bonds is 8. The fourth-order valence-electron chi connectivity index (χ4n) is 2.58. The molecule has 0 saturated heterocycles. The van der Waals surface area contributed by atoms with Gasteiger partial charge in [0.1, 0.15) is 0 Å². The molecule has 0 atom stereocenters. The number of alkyl halides is 3. The highest BCUT2D eigenvalue weighted by atomic mass is 19.4. The summed E-state index contributed by atoms with van der Waals surface area (Å²) in [7, 11) is 1.61. The number of anilines is 1. The van der Waals surface area contributed by atoms with Gasteiger partial charge in [-0.2, -0.15) is 13.2 Å². The number of nitrogens with one attached hydrogen (secondary N) is 1. The molecule has 0 heterocycles. The van der Waals surface area contributed by atoms with E-state index in [0.29, 0.717) is 19.7 Å². The van der Waals surface area contributed by atoms with Gasteiger partial charge in [0.05, 0.1) is 5.56 Å². The Bertz CT molecular complexity index is 721. The molecule has 0 aliphatic rings. The lowest BCUT2D eigenvalue weighted by Crippen LogP contribution is -2.35. The zero-order chi connectivity index (χ0) is 19.7. The molecule has 27 heavy (non-hydrogen) atoms. The van der Waals surface area contributed by atoms with Gasteiger partial charge in [-0.15, -0.1) is 0 Å². The van der Waals surface area contributed by atoms with E-state index in [1.807, 2.05) is 30.3 Å². The van der Waals surface area contributed by atoms with Crippen molar-refractivity contribution in [1.29, 1.82) is 0 Å². The van der Waals surface area contributed by atoms with Gasteiger partial charge in [-0.3, -0.25) is 0 Å². The molecule has 0 unspecified atom stereocenters. The van der Waals surface area contributed by atoms with E-state index in [-0.39, 0.29) is 5.69 Å². The van der Waals surface area contributed by atoms with Crippen molar-refractivity contribution in [2.75, 3.05) is 25.6 Å². The zero-order valence-corrected chi connectivity index (χ0v) is 15.1. The smallest absolute Gasteiger partial charge is 0.385 e. The third-order valence-corrected chi connectivity index (χ3v) is 3.97. The first-order chi connectivity index (χ1) is 12.9. The second kappa shape index (κ2) is 9.97. The summed E-state index contributed by atoms with van der Waals surface area (Å²) in [4.78, 5) is 14.2. The summed E-state index contributed by atoms with van der Waals surface area (Å²) >= 11 is 0. The Morgan fingerprint density at radius 3 is 2.48 bits per heavy atom. The lowest BCUT2D eigenvalue weighted by molar-refractivity contribution is -0.137. The Kier molecular flexibility index (Phi) is 7.67. The molecule has 4 nitrogen and oxygen atoms in total. The molecular formula is C20H23F3N2O2. The van der Waals surface area contributed by atoms with Gasteiger partial charge in [-0.05, 0) is 36.6 Å². The maximum Gasteiger partial charge on any atom is 0.416 e. The molecule has 0 radical (unpaired) electrons. The first kappa shape index (κ1) is 20.8. The lowest BCUT2D eigenvalue weighted by Gasteiger charge is -2.23. The van der Waals surface area contributed by atoms with Gasteiger partial charge in [-0.25, -0.2) is 4.79 Å². The minimum absolute atomic E-state index is 0.116. The molecule has 146 valence electrons. The topological polar surface area (TPSA) is 41.6 Å². The highest BCUT2D eigenvalue weighted by Gasteiger charge is 2.30. The van der Waals surface area contributed by atoms with Crippen LogP contribution in [-0.4, -0.2) is 31.2 Å². The zero-order valence-electron chi connectivity index (χ0n) is 15.1. The van der Waals surface area contributed by atoms with Crippen LogP contribution in [0.4, 0.5) is 23.7 Å².